The molecule has 2 rings (SSSR count). The summed E-state index contributed by atoms with van der Waals surface area (Å²) in [5.41, 5.74) is 0. The van der Waals surface area contributed by atoms with Gasteiger partial charge < -0.3 is 12.9 Å². The van der Waals surface area contributed by atoms with E-state index in [2.05, 4.69) is 0 Å². The van der Waals surface area contributed by atoms with Crippen molar-refractivity contribution < 1.29 is 29.8 Å². The number of allylic oxidation sites excluding steroid dienone is 2. The first-order valence-electron chi connectivity index (χ1n) is 7.99. The minimum atomic E-state index is -5.08. The molecule has 0 saturated carbocycles. The van der Waals surface area contributed by atoms with Crippen molar-refractivity contribution >= 4 is 26.7 Å². The third-order valence-corrected chi connectivity index (χ3v) is 8.88. The van der Waals surface area contributed by atoms with Crippen LogP contribution in [0, 0.1) is 0 Å². The molecular formula is C17H17BF3O4S2-. The van der Waals surface area contributed by atoms with E-state index in [1.54, 1.807) is 12.1 Å². The van der Waals surface area contributed by atoms with Crippen molar-refractivity contribution in [2.24, 2.45) is 0 Å². The van der Waals surface area contributed by atoms with Gasteiger partial charge in [0.1, 0.15) is 0 Å². The molecule has 0 aliphatic carbocycles. The SMILES string of the molecule is O=S(=O)(c1ccccc1)C(C/C=C/C[B-](F)(F)F)S(=O)(=O)c1ccccc1. The van der Waals surface area contributed by atoms with Crippen molar-refractivity contribution in [1.29, 1.82) is 0 Å². The largest absolute Gasteiger partial charge is 0.482 e. The molecule has 0 spiro atoms. The quantitative estimate of drug-likeness (QED) is 0.480. The molecule has 0 unspecified atom stereocenters. The number of hydrogen-bond acceptors (Lipinski definition) is 4. The number of halogens is 3. The second kappa shape index (κ2) is 8.31. The summed E-state index contributed by atoms with van der Waals surface area (Å²) in [6, 6.07) is 14.0. The summed E-state index contributed by atoms with van der Waals surface area (Å²) in [6.07, 6.45) is -0.0704. The van der Waals surface area contributed by atoms with Crippen LogP contribution in [0.3, 0.4) is 0 Å². The molecule has 2 aromatic carbocycles. The maximum atomic E-state index is 12.9. The van der Waals surface area contributed by atoms with Crippen molar-refractivity contribution in [1.82, 2.24) is 0 Å². The zero-order chi connectivity index (χ0) is 20.1. The normalized spacial score (nSPS) is 13.3. The molecule has 0 aliphatic heterocycles. The maximum absolute atomic E-state index is 12.9. The molecule has 0 aliphatic rings. The fraction of sp³-hybridized carbons (Fsp3) is 0.176. The molecule has 0 aromatic heterocycles. The van der Waals surface area contributed by atoms with Crippen LogP contribution in [-0.2, 0) is 19.7 Å². The lowest BCUT2D eigenvalue weighted by Gasteiger charge is -2.17. The highest BCUT2D eigenvalue weighted by molar-refractivity contribution is 8.09. The van der Waals surface area contributed by atoms with Crippen molar-refractivity contribution in [3.8, 4) is 0 Å². The van der Waals surface area contributed by atoms with Crippen molar-refractivity contribution in [3.63, 3.8) is 0 Å². The van der Waals surface area contributed by atoms with Gasteiger partial charge in [-0.2, -0.15) is 0 Å². The highest BCUT2D eigenvalue weighted by Gasteiger charge is 2.39. The van der Waals surface area contributed by atoms with E-state index >= 15 is 0 Å². The zero-order valence-corrected chi connectivity index (χ0v) is 15.7. The van der Waals surface area contributed by atoms with E-state index in [1.165, 1.54) is 48.5 Å². The summed E-state index contributed by atoms with van der Waals surface area (Å²) in [4.78, 5) is -0.411. The van der Waals surface area contributed by atoms with Crippen LogP contribution in [0.4, 0.5) is 12.9 Å². The Balaban J connectivity index is 2.46. The van der Waals surface area contributed by atoms with Crippen LogP contribution in [0.25, 0.3) is 0 Å². The molecule has 0 N–H and O–H groups in total. The van der Waals surface area contributed by atoms with Gasteiger partial charge in [-0.15, -0.1) is 6.08 Å². The van der Waals surface area contributed by atoms with E-state index in [-0.39, 0.29) is 9.79 Å². The summed E-state index contributed by atoms with van der Waals surface area (Å²) in [5.74, 6) is 0. The van der Waals surface area contributed by atoms with Crippen molar-refractivity contribution in [2.75, 3.05) is 0 Å². The van der Waals surface area contributed by atoms with Crippen molar-refractivity contribution in [3.05, 3.63) is 72.8 Å². The van der Waals surface area contributed by atoms with Gasteiger partial charge in [0, 0.05) is 0 Å². The summed E-state index contributed by atoms with van der Waals surface area (Å²) < 4.78 is 86.8. The molecule has 0 heterocycles. The van der Waals surface area contributed by atoms with E-state index in [9.17, 15) is 29.8 Å². The Morgan fingerprint density at radius 2 is 1.15 bits per heavy atom. The van der Waals surface area contributed by atoms with Crippen molar-refractivity contribution in [2.45, 2.75) is 27.1 Å². The number of rotatable bonds is 8. The Morgan fingerprint density at radius 3 is 1.52 bits per heavy atom. The minimum absolute atomic E-state index is 0.206. The molecule has 0 amide bonds. The summed E-state index contributed by atoms with van der Waals surface area (Å²) >= 11 is 0. The van der Waals surface area contributed by atoms with Gasteiger partial charge in [-0.05, 0) is 30.7 Å². The van der Waals surface area contributed by atoms with Crippen LogP contribution in [0.5, 0.6) is 0 Å². The van der Waals surface area contributed by atoms with Gasteiger partial charge >= 0.3 is 6.98 Å². The molecule has 2 aromatic rings. The smallest absolute Gasteiger partial charge is 0.449 e. The van der Waals surface area contributed by atoms with E-state index in [0.717, 1.165) is 12.2 Å². The third kappa shape index (κ3) is 5.46. The molecule has 0 atom stereocenters. The molecule has 10 heteroatoms. The fourth-order valence-corrected chi connectivity index (χ4v) is 6.81. The molecule has 146 valence electrons. The predicted molar refractivity (Wildman–Crippen MR) is 98.7 cm³/mol. The lowest BCUT2D eigenvalue weighted by atomic mass is 9.86. The van der Waals surface area contributed by atoms with E-state index < -0.39 is 44.0 Å². The number of sulfone groups is 2. The first-order valence-corrected chi connectivity index (χ1v) is 11.1. The van der Waals surface area contributed by atoms with Crippen LogP contribution in [-0.4, -0.2) is 28.4 Å². The molecule has 0 radical (unpaired) electrons. The standard InChI is InChI=1S/C17H17BF3O4S2/c19-18(20,21)14-8-7-13-17(26(22,23)15-9-3-1-4-10-15)27(24,25)16-11-5-2-6-12-16/h1-12,17H,13-14H2/q-1/b8-7+. The molecule has 0 saturated heterocycles. The van der Waals surface area contributed by atoms with Gasteiger partial charge in [-0.25, -0.2) is 16.8 Å². The molecule has 0 fully saturated rings. The van der Waals surface area contributed by atoms with Gasteiger partial charge in [0.05, 0.1) is 9.79 Å². The van der Waals surface area contributed by atoms with Crippen LogP contribution in [0.2, 0.25) is 6.32 Å². The average molecular weight is 417 g/mol. The second-order valence-corrected chi connectivity index (χ2v) is 10.4. The van der Waals surface area contributed by atoms with Gasteiger partial charge in [-0.1, -0.05) is 48.8 Å². The highest BCUT2D eigenvalue weighted by Crippen LogP contribution is 2.28. The van der Waals surface area contributed by atoms with Crippen LogP contribution in [0.15, 0.2) is 82.6 Å². The fourth-order valence-electron chi connectivity index (χ4n) is 2.40. The maximum Gasteiger partial charge on any atom is 0.482 e. The Kier molecular flexibility index (Phi) is 6.53. The highest BCUT2D eigenvalue weighted by atomic mass is 32.3. The van der Waals surface area contributed by atoms with E-state index in [0.29, 0.717) is 0 Å². The Labute approximate surface area is 156 Å². The van der Waals surface area contributed by atoms with E-state index in [1.807, 2.05) is 0 Å². The summed E-state index contributed by atoms with van der Waals surface area (Å²) in [6.45, 7) is -5.08. The average Bonchev–Trinajstić information content (AvgIpc) is 2.61. The molecule has 4 nitrogen and oxygen atoms in total. The van der Waals surface area contributed by atoms with Gasteiger partial charge in [0.15, 0.2) is 24.3 Å². The summed E-state index contributed by atoms with van der Waals surface area (Å²) in [7, 11) is -8.68. The lowest BCUT2D eigenvalue weighted by molar-refractivity contribution is 0.478. The molecule has 0 bridgehead atoms. The topological polar surface area (TPSA) is 68.3 Å². The summed E-state index contributed by atoms with van der Waals surface area (Å²) in [5, 5.41) is 0. The Bertz CT molecular complexity index is 918. The van der Waals surface area contributed by atoms with Gasteiger partial charge in [-0.3, -0.25) is 0 Å². The minimum Gasteiger partial charge on any atom is -0.449 e. The second-order valence-electron chi connectivity index (χ2n) is 5.80. The molecule has 27 heavy (non-hydrogen) atoms. The Morgan fingerprint density at radius 1 is 0.741 bits per heavy atom. The van der Waals surface area contributed by atoms with Gasteiger partial charge in [0.2, 0.25) is 0 Å². The third-order valence-electron chi connectivity index (χ3n) is 3.73. The van der Waals surface area contributed by atoms with Gasteiger partial charge in [0.25, 0.3) is 0 Å². The zero-order valence-electron chi connectivity index (χ0n) is 14.1. The van der Waals surface area contributed by atoms with E-state index in [4.69, 9.17) is 0 Å². The number of benzene rings is 2. The monoisotopic (exact) mass is 417 g/mol. The number of hydrogen-bond donors (Lipinski definition) is 0. The first kappa shape index (κ1) is 21.2. The lowest BCUT2D eigenvalue weighted by Crippen LogP contribution is -2.30. The van der Waals surface area contributed by atoms with Crippen LogP contribution >= 0.6 is 0 Å². The molecular weight excluding hydrogens is 400 g/mol. The first-order chi connectivity index (χ1) is 12.5. The predicted octanol–water partition coefficient (Wildman–Crippen LogP) is 4.05. The Hall–Kier alpha value is -2.07. The van der Waals surface area contributed by atoms with Crippen LogP contribution in [0.1, 0.15) is 6.42 Å². The van der Waals surface area contributed by atoms with Crippen LogP contribution < -0.4 is 0 Å².